The second kappa shape index (κ2) is 13.1. The van der Waals surface area contributed by atoms with Crippen LogP contribution in [0.15, 0.2) is 36.7 Å². The number of nitrogens with one attached hydrogen (secondary N) is 3. The van der Waals surface area contributed by atoms with Crippen LogP contribution < -0.4 is 21.0 Å². The van der Waals surface area contributed by atoms with Crippen LogP contribution in [0.1, 0.15) is 54.6 Å². The molecule has 35 heavy (non-hydrogen) atoms. The van der Waals surface area contributed by atoms with E-state index in [2.05, 4.69) is 37.6 Å². The quantitative estimate of drug-likeness (QED) is 0.226. The summed E-state index contributed by atoms with van der Waals surface area (Å²) in [4.78, 5) is 33.4. The Labute approximate surface area is 206 Å². The first-order valence-electron chi connectivity index (χ1n) is 12.1. The lowest BCUT2D eigenvalue weighted by atomic mass is 9.97. The van der Waals surface area contributed by atoms with Crippen LogP contribution in [-0.2, 0) is 17.9 Å². The normalized spacial score (nSPS) is 15.3. The third-order valence-electron chi connectivity index (χ3n) is 6.24. The molecule has 0 aliphatic carbocycles. The monoisotopic (exact) mass is 484 g/mol. The van der Waals surface area contributed by atoms with Gasteiger partial charge in [0.2, 0.25) is 5.95 Å². The van der Waals surface area contributed by atoms with Gasteiger partial charge in [-0.15, -0.1) is 0 Å². The molecule has 190 valence electrons. The Bertz CT molecular complexity index is 943. The number of carboxylic acid groups (broad SMARTS) is 1. The fourth-order valence-corrected chi connectivity index (χ4v) is 4.18. The average molecular weight is 485 g/mol. The third-order valence-corrected chi connectivity index (χ3v) is 6.24. The molecule has 2 aromatic rings. The van der Waals surface area contributed by atoms with E-state index in [-0.39, 0.29) is 5.56 Å². The number of amides is 1. The van der Waals surface area contributed by atoms with Gasteiger partial charge in [0.25, 0.3) is 5.91 Å². The summed E-state index contributed by atoms with van der Waals surface area (Å²) in [5.74, 6) is 0.0673. The van der Waals surface area contributed by atoms with Crippen molar-refractivity contribution in [2.75, 3.05) is 24.5 Å². The van der Waals surface area contributed by atoms with Crippen molar-refractivity contribution in [3.63, 3.8) is 0 Å². The van der Waals surface area contributed by atoms with Gasteiger partial charge >= 0.3 is 5.97 Å². The number of nitrogens with zero attached hydrogens (tertiary/aromatic N) is 3. The summed E-state index contributed by atoms with van der Waals surface area (Å²) in [5.41, 5.74) is 4.07. The minimum atomic E-state index is -0.803. The van der Waals surface area contributed by atoms with Gasteiger partial charge < -0.3 is 20.6 Å². The average Bonchev–Trinajstić information content (AvgIpc) is 2.87. The number of carboxylic acids is 1. The molecule has 1 aromatic carbocycles. The topological polar surface area (TPSA) is 140 Å². The van der Waals surface area contributed by atoms with Crippen molar-refractivity contribution in [3.05, 3.63) is 53.3 Å². The zero-order valence-electron chi connectivity index (χ0n) is 20.4. The van der Waals surface area contributed by atoms with E-state index in [4.69, 9.17) is 5.21 Å². The lowest BCUT2D eigenvalue weighted by molar-refractivity contribution is -0.140. The van der Waals surface area contributed by atoms with Gasteiger partial charge in [0.15, 0.2) is 0 Å². The first-order chi connectivity index (χ1) is 16.9. The number of hydrogen-bond acceptors (Lipinski definition) is 8. The van der Waals surface area contributed by atoms with Crippen LogP contribution in [0.25, 0.3) is 0 Å². The molecule has 5 N–H and O–H groups in total. The molecule has 3 rings (SSSR count). The molecule has 0 spiro atoms. The highest BCUT2D eigenvalue weighted by atomic mass is 16.5. The summed E-state index contributed by atoms with van der Waals surface area (Å²) in [6.45, 7) is 8.02. The molecule has 1 aliphatic heterocycles. The van der Waals surface area contributed by atoms with Gasteiger partial charge in [-0.25, -0.2) is 15.4 Å². The summed E-state index contributed by atoms with van der Waals surface area (Å²) in [7, 11) is 0. The van der Waals surface area contributed by atoms with E-state index in [9.17, 15) is 14.7 Å². The summed E-state index contributed by atoms with van der Waals surface area (Å²) >= 11 is 0. The van der Waals surface area contributed by atoms with Crippen LogP contribution in [-0.4, -0.2) is 57.8 Å². The molecule has 2 heterocycles. The standard InChI is InChI=1S/C25H36N6O4/c1-17(2)11-22(24(33)34)27-14-19-5-3-18(4-6-19)12-26-13-20-7-9-31(10-8-20)25-28-15-21(16-29-25)23(32)30-35/h3-6,15-17,20,22,26-27,35H,7-14H2,1-2H3,(H,30,32)(H,33,34)/t22-/m0/s1. The predicted molar refractivity (Wildman–Crippen MR) is 132 cm³/mol. The van der Waals surface area contributed by atoms with E-state index in [0.29, 0.717) is 30.7 Å². The molecule has 1 aliphatic rings. The highest BCUT2D eigenvalue weighted by Crippen LogP contribution is 2.20. The zero-order chi connectivity index (χ0) is 25.2. The Kier molecular flexibility index (Phi) is 9.95. The van der Waals surface area contributed by atoms with Crippen LogP contribution in [0.2, 0.25) is 0 Å². The third kappa shape index (κ3) is 8.27. The molecule has 1 aromatic heterocycles. The van der Waals surface area contributed by atoms with Crippen molar-refractivity contribution in [1.29, 1.82) is 0 Å². The zero-order valence-corrected chi connectivity index (χ0v) is 20.4. The number of carbonyl (C=O) groups is 2. The summed E-state index contributed by atoms with van der Waals surface area (Å²) < 4.78 is 0. The van der Waals surface area contributed by atoms with Crippen molar-refractivity contribution in [2.45, 2.75) is 52.2 Å². The Morgan fingerprint density at radius 2 is 1.66 bits per heavy atom. The highest BCUT2D eigenvalue weighted by molar-refractivity contribution is 5.92. The predicted octanol–water partition coefficient (Wildman–Crippen LogP) is 2.19. The van der Waals surface area contributed by atoms with E-state index in [0.717, 1.165) is 44.6 Å². The van der Waals surface area contributed by atoms with Gasteiger partial charge in [0, 0.05) is 38.6 Å². The van der Waals surface area contributed by atoms with Crippen molar-refractivity contribution >= 4 is 17.8 Å². The fourth-order valence-electron chi connectivity index (χ4n) is 4.18. The Balaban J connectivity index is 1.36. The van der Waals surface area contributed by atoms with Crippen LogP contribution in [0.3, 0.4) is 0 Å². The Hall–Kier alpha value is -3.08. The molecular formula is C25H36N6O4. The summed E-state index contributed by atoms with van der Waals surface area (Å²) in [6, 6.07) is 7.74. The molecule has 1 atom stereocenters. The molecular weight excluding hydrogens is 448 g/mol. The lowest BCUT2D eigenvalue weighted by Crippen LogP contribution is -2.38. The largest absolute Gasteiger partial charge is 0.480 e. The molecule has 0 radical (unpaired) electrons. The Morgan fingerprint density at radius 1 is 1.06 bits per heavy atom. The minimum Gasteiger partial charge on any atom is -0.480 e. The van der Waals surface area contributed by atoms with Crippen LogP contribution in [0, 0.1) is 11.8 Å². The smallest absolute Gasteiger partial charge is 0.320 e. The second-order valence-electron chi connectivity index (χ2n) is 9.49. The highest BCUT2D eigenvalue weighted by Gasteiger charge is 2.21. The van der Waals surface area contributed by atoms with Gasteiger partial charge in [-0.05, 0) is 48.8 Å². The number of hydrogen-bond donors (Lipinski definition) is 5. The maximum absolute atomic E-state index is 11.4. The second-order valence-corrected chi connectivity index (χ2v) is 9.49. The van der Waals surface area contributed by atoms with Gasteiger partial charge in [-0.3, -0.25) is 14.8 Å². The molecule has 0 bridgehead atoms. The van der Waals surface area contributed by atoms with Gasteiger partial charge in [0.05, 0.1) is 5.56 Å². The fraction of sp³-hybridized carbons (Fsp3) is 0.520. The molecule has 10 heteroatoms. The maximum atomic E-state index is 11.4. The van der Waals surface area contributed by atoms with E-state index in [1.54, 1.807) is 5.48 Å². The molecule has 1 fully saturated rings. The van der Waals surface area contributed by atoms with Crippen molar-refractivity contribution in [1.82, 2.24) is 26.1 Å². The molecule has 1 saturated heterocycles. The number of aliphatic carboxylic acids is 1. The van der Waals surface area contributed by atoms with Crippen LogP contribution in [0.4, 0.5) is 5.95 Å². The number of benzene rings is 1. The number of anilines is 1. The van der Waals surface area contributed by atoms with Crippen molar-refractivity contribution in [2.24, 2.45) is 11.8 Å². The van der Waals surface area contributed by atoms with Crippen molar-refractivity contribution < 1.29 is 19.9 Å². The van der Waals surface area contributed by atoms with Gasteiger partial charge in [-0.1, -0.05) is 38.1 Å². The SMILES string of the molecule is CC(C)C[C@H](NCc1ccc(CNCC2CCN(c3ncc(C(=O)NO)cn3)CC2)cc1)C(=O)O. The van der Waals surface area contributed by atoms with E-state index < -0.39 is 17.9 Å². The summed E-state index contributed by atoms with van der Waals surface area (Å²) in [6.07, 6.45) is 5.50. The first-order valence-corrected chi connectivity index (χ1v) is 12.1. The van der Waals surface area contributed by atoms with Gasteiger partial charge in [0.1, 0.15) is 6.04 Å². The number of carbonyl (C=O) groups excluding carboxylic acids is 1. The van der Waals surface area contributed by atoms with Gasteiger partial charge in [-0.2, -0.15) is 0 Å². The van der Waals surface area contributed by atoms with Crippen molar-refractivity contribution in [3.8, 4) is 0 Å². The summed E-state index contributed by atoms with van der Waals surface area (Å²) in [5, 5.41) is 24.7. The Morgan fingerprint density at radius 3 is 2.20 bits per heavy atom. The number of rotatable bonds is 12. The number of aromatic nitrogens is 2. The number of hydroxylamine groups is 1. The molecule has 1 amide bonds. The van der Waals surface area contributed by atoms with Crippen LogP contribution >= 0.6 is 0 Å². The number of piperidine rings is 1. The lowest BCUT2D eigenvalue weighted by Gasteiger charge is -2.32. The van der Waals surface area contributed by atoms with E-state index >= 15 is 0 Å². The molecule has 10 nitrogen and oxygen atoms in total. The first kappa shape index (κ1) is 26.5. The molecule has 0 unspecified atom stereocenters. The van der Waals surface area contributed by atoms with Crippen LogP contribution in [0.5, 0.6) is 0 Å². The van der Waals surface area contributed by atoms with E-state index in [1.807, 2.05) is 26.0 Å². The maximum Gasteiger partial charge on any atom is 0.320 e. The minimum absolute atomic E-state index is 0.218. The van der Waals surface area contributed by atoms with E-state index in [1.165, 1.54) is 18.0 Å². The molecule has 0 saturated carbocycles.